The van der Waals surface area contributed by atoms with Gasteiger partial charge in [-0.3, -0.25) is 4.79 Å². The lowest BCUT2D eigenvalue weighted by molar-refractivity contribution is 0.112. The number of furan rings is 1. The smallest absolute Gasteiger partial charge is 0.160 e. The first kappa shape index (κ1) is 9.98. The number of hydrogen-bond acceptors (Lipinski definition) is 4. The fourth-order valence-electron chi connectivity index (χ4n) is 1.35. The van der Waals surface area contributed by atoms with Crippen molar-refractivity contribution in [3.05, 3.63) is 41.2 Å². The SMILES string of the molecule is CN(Cc1ccoc1)c1ccc(C=O)s1. The highest BCUT2D eigenvalue weighted by atomic mass is 32.1. The highest BCUT2D eigenvalue weighted by Gasteiger charge is 2.05. The Morgan fingerprint density at radius 3 is 2.93 bits per heavy atom. The van der Waals surface area contributed by atoms with Crippen molar-refractivity contribution in [2.75, 3.05) is 11.9 Å². The van der Waals surface area contributed by atoms with Crippen molar-refractivity contribution in [2.24, 2.45) is 0 Å². The van der Waals surface area contributed by atoms with Crippen LogP contribution in [-0.2, 0) is 6.54 Å². The quantitative estimate of drug-likeness (QED) is 0.744. The molecule has 0 aliphatic carbocycles. The molecule has 0 atom stereocenters. The van der Waals surface area contributed by atoms with Gasteiger partial charge < -0.3 is 9.32 Å². The van der Waals surface area contributed by atoms with Gasteiger partial charge in [-0.05, 0) is 18.2 Å². The summed E-state index contributed by atoms with van der Waals surface area (Å²) in [5, 5.41) is 1.08. The van der Waals surface area contributed by atoms with E-state index >= 15 is 0 Å². The second-order valence-corrected chi connectivity index (χ2v) is 4.38. The lowest BCUT2D eigenvalue weighted by atomic mass is 10.3. The van der Waals surface area contributed by atoms with E-state index in [1.54, 1.807) is 12.5 Å². The molecule has 2 rings (SSSR count). The molecule has 0 saturated heterocycles. The van der Waals surface area contributed by atoms with E-state index in [1.165, 1.54) is 11.3 Å². The minimum absolute atomic E-state index is 0.754. The average Bonchev–Trinajstić information content (AvgIpc) is 2.86. The number of thiophene rings is 1. The Labute approximate surface area is 91.9 Å². The lowest BCUT2D eigenvalue weighted by Crippen LogP contribution is -2.14. The molecule has 0 fully saturated rings. The van der Waals surface area contributed by atoms with Crippen molar-refractivity contribution < 1.29 is 9.21 Å². The largest absolute Gasteiger partial charge is 0.472 e. The van der Waals surface area contributed by atoms with E-state index in [-0.39, 0.29) is 0 Å². The van der Waals surface area contributed by atoms with Crippen molar-refractivity contribution in [3.8, 4) is 0 Å². The van der Waals surface area contributed by atoms with Crippen molar-refractivity contribution >= 4 is 22.6 Å². The lowest BCUT2D eigenvalue weighted by Gasteiger charge is -2.15. The second kappa shape index (κ2) is 4.31. The van der Waals surface area contributed by atoms with Crippen LogP contribution in [-0.4, -0.2) is 13.3 Å². The van der Waals surface area contributed by atoms with Crippen LogP contribution in [0.15, 0.2) is 35.1 Å². The van der Waals surface area contributed by atoms with Crippen LogP contribution in [0.2, 0.25) is 0 Å². The van der Waals surface area contributed by atoms with Gasteiger partial charge in [0.25, 0.3) is 0 Å². The summed E-state index contributed by atoms with van der Waals surface area (Å²) >= 11 is 1.49. The summed E-state index contributed by atoms with van der Waals surface area (Å²) in [5.74, 6) is 0. The zero-order valence-electron chi connectivity index (χ0n) is 8.34. The Bertz CT molecular complexity index is 433. The first-order chi connectivity index (χ1) is 7.29. The predicted octanol–water partition coefficient (Wildman–Crippen LogP) is 2.79. The molecule has 15 heavy (non-hydrogen) atoms. The zero-order valence-corrected chi connectivity index (χ0v) is 9.16. The van der Waals surface area contributed by atoms with E-state index in [4.69, 9.17) is 4.42 Å². The zero-order chi connectivity index (χ0) is 10.7. The van der Waals surface area contributed by atoms with E-state index in [0.717, 1.165) is 28.3 Å². The topological polar surface area (TPSA) is 33.5 Å². The first-order valence-electron chi connectivity index (χ1n) is 4.57. The van der Waals surface area contributed by atoms with Crippen molar-refractivity contribution in [1.82, 2.24) is 0 Å². The third-order valence-electron chi connectivity index (χ3n) is 2.10. The molecule has 0 saturated carbocycles. The monoisotopic (exact) mass is 221 g/mol. The second-order valence-electron chi connectivity index (χ2n) is 3.28. The number of rotatable bonds is 4. The summed E-state index contributed by atoms with van der Waals surface area (Å²) in [6.07, 6.45) is 4.26. The minimum atomic E-state index is 0.754. The van der Waals surface area contributed by atoms with Crippen LogP contribution >= 0.6 is 11.3 Å². The standard InChI is InChI=1S/C11H11NO2S/c1-12(6-9-4-5-14-8-9)11-3-2-10(7-13)15-11/h2-5,7-8H,6H2,1H3. The van der Waals surface area contributed by atoms with E-state index in [1.807, 2.05) is 25.2 Å². The summed E-state index contributed by atoms with van der Waals surface area (Å²) in [6, 6.07) is 5.72. The van der Waals surface area contributed by atoms with Gasteiger partial charge in [-0.15, -0.1) is 11.3 Å². The Hall–Kier alpha value is -1.55. The van der Waals surface area contributed by atoms with Gasteiger partial charge in [0, 0.05) is 19.2 Å². The van der Waals surface area contributed by atoms with E-state index in [9.17, 15) is 4.79 Å². The maximum atomic E-state index is 10.5. The Morgan fingerprint density at radius 2 is 2.33 bits per heavy atom. The van der Waals surface area contributed by atoms with Gasteiger partial charge in [-0.25, -0.2) is 0 Å². The number of aldehydes is 1. The number of carbonyl (C=O) groups is 1. The molecule has 2 aromatic rings. The van der Waals surface area contributed by atoms with Crippen LogP contribution in [0.25, 0.3) is 0 Å². The number of nitrogens with zero attached hydrogens (tertiary/aromatic N) is 1. The summed E-state index contributed by atoms with van der Waals surface area (Å²) in [7, 11) is 1.99. The van der Waals surface area contributed by atoms with Crippen LogP contribution in [0.1, 0.15) is 15.2 Å². The van der Waals surface area contributed by atoms with Gasteiger partial charge in [0.2, 0.25) is 0 Å². The van der Waals surface area contributed by atoms with Gasteiger partial charge in [0.1, 0.15) is 0 Å². The van der Waals surface area contributed by atoms with Crippen LogP contribution in [0, 0.1) is 0 Å². The molecule has 78 valence electrons. The molecule has 0 amide bonds. The predicted molar refractivity (Wildman–Crippen MR) is 60.5 cm³/mol. The average molecular weight is 221 g/mol. The molecule has 2 heterocycles. The maximum Gasteiger partial charge on any atom is 0.160 e. The third-order valence-corrected chi connectivity index (χ3v) is 3.23. The fourth-order valence-corrected chi connectivity index (χ4v) is 2.13. The fraction of sp³-hybridized carbons (Fsp3) is 0.182. The highest BCUT2D eigenvalue weighted by Crippen LogP contribution is 2.25. The van der Waals surface area contributed by atoms with Crippen molar-refractivity contribution in [1.29, 1.82) is 0 Å². The highest BCUT2D eigenvalue weighted by molar-refractivity contribution is 7.17. The Kier molecular flexibility index (Phi) is 2.87. The molecule has 0 aliphatic rings. The van der Waals surface area contributed by atoms with E-state index in [2.05, 4.69) is 4.90 Å². The van der Waals surface area contributed by atoms with Crippen LogP contribution in [0.3, 0.4) is 0 Å². The molecule has 0 spiro atoms. The van der Waals surface area contributed by atoms with Gasteiger partial charge in [0.05, 0.1) is 22.4 Å². The van der Waals surface area contributed by atoms with E-state index in [0.29, 0.717) is 0 Å². The third kappa shape index (κ3) is 2.27. The summed E-state index contributed by atoms with van der Waals surface area (Å²) in [4.78, 5) is 13.4. The van der Waals surface area contributed by atoms with Crippen molar-refractivity contribution in [2.45, 2.75) is 6.54 Å². The minimum Gasteiger partial charge on any atom is -0.472 e. The Balaban J connectivity index is 2.07. The first-order valence-corrected chi connectivity index (χ1v) is 5.38. The molecule has 0 radical (unpaired) electrons. The number of carbonyl (C=O) groups excluding carboxylic acids is 1. The Morgan fingerprint density at radius 1 is 1.47 bits per heavy atom. The van der Waals surface area contributed by atoms with Crippen LogP contribution in [0.5, 0.6) is 0 Å². The van der Waals surface area contributed by atoms with Crippen molar-refractivity contribution in [3.63, 3.8) is 0 Å². The molecular formula is C11H11NO2S. The number of hydrogen-bond donors (Lipinski definition) is 0. The summed E-state index contributed by atoms with van der Waals surface area (Å²) in [6.45, 7) is 0.787. The summed E-state index contributed by atoms with van der Waals surface area (Å²) in [5.41, 5.74) is 1.12. The van der Waals surface area contributed by atoms with Gasteiger partial charge in [-0.2, -0.15) is 0 Å². The molecule has 0 bridgehead atoms. The molecule has 2 aromatic heterocycles. The maximum absolute atomic E-state index is 10.5. The molecule has 4 heteroatoms. The molecule has 0 unspecified atom stereocenters. The van der Waals surface area contributed by atoms with Gasteiger partial charge in [-0.1, -0.05) is 0 Å². The molecule has 0 aliphatic heterocycles. The van der Waals surface area contributed by atoms with E-state index < -0.39 is 0 Å². The van der Waals surface area contributed by atoms with Gasteiger partial charge >= 0.3 is 0 Å². The molecule has 0 aromatic carbocycles. The number of anilines is 1. The van der Waals surface area contributed by atoms with Gasteiger partial charge in [0.15, 0.2) is 6.29 Å². The van der Waals surface area contributed by atoms with Crippen LogP contribution < -0.4 is 4.90 Å². The normalized spacial score (nSPS) is 10.2. The molecule has 3 nitrogen and oxygen atoms in total. The molecular weight excluding hydrogens is 210 g/mol. The summed E-state index contributed by atoms with van der Waals surface area (Å²) < 4.78 is 5.00. The molecule has 0 N–H and O–H groups in total. The van der Waals surface area contributed by atoms with Crippen LogP contribution in [0.4, 0.5) is 5.00 Å².